The van der Waals surface area contributed by atoms with Crippen LogP contribution >= 0.6 is 0 Å². The van der Waals surface area contributed by atoms with Crippen LogP contribution in [0.1, 0.15) is 15.9 Å². The maximum atomic E-state index is 12.2. The maximum Gasteiger partial charge on any atom is 0.257 e. The lowest BCUT2D eigenvalue weighted by atomic mass is 10.1. The number of nitrogens with zero attached hydrogens (tertiary/aromatic N) is 1. The molecule has 0 aliphatic heterocycles. The topological polar surface area (TPSA) is 71.3 Å². The first-order chi connectivity index (χ1) is 11.0. The SMILES string of the molecule is Cc1c(O)c2cc(NC(=O)c3ccccc3)ccc2n(C)c1=O. The van der Waals surface area contributed by atoms with Gasteiger partial charge in [0.1, 0.15) is 5.75 Å². The van der Waals surface area contributed by atoms with E-state index in [9.17, 15) is 14.7 Å². The van der Waals surface area contributed by atoms with Crippen LogP contribution in [-0.4, -0.2) is 15.6 Å². The summed E-state index contributed by atoms with van der Waals surface area (Å²) in [7, 11) is 1.65. The van der Waals surface area contributed by atoms with E-state index in [1.165, 1.54) is 4.57 Å². The molecule has 0 unspecified atom stereocenters. The quantitative estimate of drug-likeness (QED) is 0.764. The highest BCUT2D eigenvalue weighted by Crippen LogP contribution is 2.28. The first kappa shape index (κ1) is 14.8. The van der Waals surface area contributed by atoms with Gasteiger partial charge in [-0.15, -0.1) is 0 Å². The highest BCUT2D eigenvalue weighted by Gasteiger charge is 2.12. The van der Waals surface area contributed by atoms with Crippen molar-refractivity contribution in [3.8, 4) is 5.75 Å². The van der Waals surface area contributed by atoms with Crippen LogP contribution in [0.5, 0.6) is 5.75 Å². The molecule has 5 nitrogen and oxygen atoms in total. The summed E-state index contributed by atoms with van der Waals surface area (Å²) in [4.78, 5) is 24.2. The summed E-state index contributed by atoms with van der Waals surface area (Å²) >= 11 is 0. The largest absolute Gasteiger partial charge is 0.507 e. The number of hydrogen-bond acceptors (Lipinski definition) is 3. The number of rotatable bonds is 2. The van der Waals surface area contributed by atoms with Gasteiger partial charge >= 0.3 is 0 Å². The molecule has 1 heterocycles. The zero-order valence-electron chi connectivity index (χ0n) is 12.8. The Balaban J connectivity index is 2.04. The van der Waals surface area contributed by atoms with Gasteiger partial charge in [-0.2, -0.15) is 0 Å². The van der Waals surface area contributed by atoms with E-state index in [4.69, 9.17) is 0 Å². The van der Waals surface area contributed by atoms with Gasteiger partial charge in [-0.05, 0) is 37.3 Å². The van der Waals surface area contributed by atoms with Crippen molar-refractivity contribution in [2.24, 2.45) is 7.05 Å². The molecule has 2 aromatic carbocycles. The summed E-state index contributed by atoms with van der Waals surface area (Å²) in [6, 6.07) is 13.9. The van der Waals surface area contributed by atoms with Crippen molar-refractivity contribution in [2.45, 2.75) is 6.92 Å². The Hall–Kier alpha value is -3.08. The lowest BCUT2D eigenvalue weighted by molar-refractivity contribution is 0.102. The van der Waals surface area contributed by atoms with E-state index < -0.39 is 0 Å². The van der Waals surface area contributed by atoms with Crippen LogP contribution in [0.15, 0.2) is 53.3 Å². The van der Waals surface area contributed by atoms with Crippen molar-refractivity contribution in [3.05, 3.63) is 70.0 Å². The summed E-state index contributed by atoms with van der Waals surface area (Å²) in [6.07, 6.45) is 0. The number of hydrogen-bond donors (Lipinski definition) is 2. The zero-order chi connectivity index (χ0) is 16.6. The minimum absolute atomic E-state index is 0.0566. The number of anilines is 1. The lowest BCUT2D eigenvalue weighted by Crippen LogP contribution is -2.19. The number of aryl methyl sites for hydroxylation is 1. The zero-order valence-corrected chi connectivity index (χ0v) is 12.8. The Morgan fingerprint density at radius 3 is 2.52 bits per heavy atom. The molecule has 1 amide bonds. The van der Waals surface area contributed by atoms with E-state index in [0.29, 0.717) is 22.2 Å². The summed E-state index contributed by atoms with van der Waals surface area (Å²) < 4.78 is 1.48. The fraction of sp³-hybridized carbons (Fsp3) is 0.111. The number of aromatic hydroxyl groups is 1. The van der Waals surface area contributed by atoms with Crippen LogP contribution in [0, 0.1) is 6.92 Å². The Labute approximate surface area is 132 Å². The number of benzene rings is 2. The van der Waals surface area contributed by atoms with Crippen LogP contribution in [0.3, 0.4) is 0 Å². The Morgan fingerprint density at radius 1 is 1.13 bits per heavy atom. The molecule has 0 bridgehead atoms. The van der Waals surface area contributed by atoms with Crippen LogP contribution < -0.4 is 10.9 Å². The smallest absolute Gasteiger partial charge is 0.257 e. The van der Waals surface area contributed by atoms with Gasteiger partial charge in [0.05, 0.1) is 11.1 Å². The van der Waals surface area contributed by atoms with E-state index in [1.807, 2.05) is 6.07 Å². The van der Waals surface area contributed by atoms with E-state index in [2.05, 4.69) is 5.32 Å². The highest BCUT2D eigenvalue weighted by molar-refractivity contribution is 6.05. The van der Waals surface area contributed by atoms with Crippen LogP contribution in [0.4, 0.5) is 5.69 Å². The summed E-state index contributed by atoms with van der Waals surface area (Å²) in [5.74, 6) is -0.287. The standard InChI is InChI=1S/C18H16N2O3/c1-11-16(21)14-10-13(8-9-15(14)20(2)18(11)23)19-17(22)12-6-4-3-5-7-12/h3-10,21H,1-2H3,(H,19,22). The van der Waals surface area contributed by atoms with Crippen LogP contribution in [0.2, 0.25) is 0 Å². The van der Waals surface area contributed by atoms with Gasteiger partial charge in [0.2, 0.25) is 0 Å². The van der Waals surface area contributed by atoms with E-state index >= 15 is 0 Å². The molecule has 0 saturated carbocycles. The molecule has 2 N–H and O–H groups in total. The third kappa shape index (κ3) is 2.57. The normalized spacial score (nSPS) is 10.7. The first-order valence-corrected chi connectivity index (χ1v) is 7.17. The summed E-state index contributed by atoms with van der Waals surface area (Å²) in [5.41, 5.74) is 1.76. The molecule has 23 heavy (non-hydrogen) atoms. The van der Waals surface area contributed by atoms with Crippen molar-refractivity contribution >= 4 is 22.5 Å². The monoisotopic (exact) mass is 308 g/mol. The van der Waals surface area contributed by atoms with E-state index in [1.54, 1.807) is 56.4 Å². The maximum absolute atomic E-state index is 12.2. The predicted octanol–water partition coefficient (Wildman–Crippen LogP) is 2.80. The van der Waals surface area contributed by atoms with Crippen LogP contribution in [0.25, 0.3) is 10.9 Å². The lowest BCUT2D eigenvalue weighted by Gasteiger charge is -2.12. The molecule has 0 saturated heterocycles. The molecule has 0 atom stereocenters. The molecule has 0 aliphatic rings. The average Bonchev–Trinajstić information content (AvgIpc) is 2.58. The van der Waals surface area contributed by atoms with Gasteiger partial charge in [-0.3, -0.25) is 9.59 Å². The van der Waals surface area contributed by atoms with Gasteiger partial charge in [-0.25, -0.2) is 0 Å². The van der Waals surface area contributed by atoms with E-state index in [0.717, 1.165) is 0 Å². The fourth-order valence-electron chi connectivity index (χ4n) is 2.55. The predicted molar refractivity (Wildman–Crippen MR) is 90.0 cm³/mol. The molecule has 116 valence electrons. The number of carbonyl (C=O) groups is 1. The van der Waals surface area contributed by atoms with Gasteiger partial charge in [0.15, 0.2) is 0 Å². The van der Waals surface area contributed by atoms with Crippen molar-refractivity contribution in [3.63, 3.8) is 0 Å². The average molecular weight is 308 g/mol. The minimum Gasteiger partial charge on any atom is -0.507 e. The Morgan fingerprint density at radius 2 is 1.83 bits per heavy atom. The molecular weight excluding hydrogens is 292 g/mol. The molecule has 0 radical (unpaired) electrons. The van der Waals surface area contributed by atoms with Gasteiger partial charge < -0.3 is 15.0 Å². The van der Waals surface area contributed by atoms with E-state index in [-0.39, 0.29) is 22.8 Å². The molecule has 1 aromatic heterocycles. The van der Waals surface area contributed by atoms with Crippen molar-refractivity contribution in [2.75, 3.05) is 5.32 Å². The van der Waals surface area contributed by atoms with Gasteiger partial charge in [-0.1, -0.05) is 18.2 Å². The van der Waals surface area contributed by atoms with Crippen molar-refractivity contribution in [1.82, 2.24) is 4.57 Å². The van der Waals surface area contributed by atoms with Crippen molar-refractivity contribution in [1.29, 1.82) is 0 Å². The van der Waals surface area contributed by atoms with Gasteiger partial charge in [0, 0.05) is 23.7 Å². The Bertz CT molecular complexity index is 959. The molecule has 0 aliphatic carbocycles. The minimum atomic E-state index is -0.240. The fourth-order valence-corrected chi connectivity index (χ4v) is 2.55. The van der Waals surface area contributed by atoms with Crippen molar-refractivity contribution < 1.29 is 9.90 Å². The molecule has 0 fully saturated rings. The Kier molecular flexibility index (Phi) is 3.62. The number of amides is 1. The summed E-state index contributed by atoms with van der Waals surface area (Å²) in [6.45, 7) is 1.58. The summed E-state index contributed by atoms with van der Waals surface area (Å²) in [5, 5.41) is 13.5. The molecule has 0 spiro atoms. The first-order valence-electron chi connectivity index (χ1n) is 7.17. The second-order valence-electron chi connectivity index (χ2n) is 5.39. The number of nitrogens with one attached hydrogen (secondary N) is 1. The number of aromatic nitrogens is 1. The highest BCUT2D eigenvalue weighted by atomic mass is 16.3. The second kappa shape index (κ2) is 5.61. The number of carbonyl (C=O) groups excluding carboxylic acids is 1. The second-order valence-corrected chi connectivity index (χ2v) is 5.39. The molecule has 3 aromatic rings. The molecule has 3 rings (SSSR count). The van der Waals surface area contributed by atoms with Gasteiger partial charge in [0.25, 0.3) is 11.5 Å². The van der Waals surface area contributed by atoms with Crippen LogP contribution in [-0.2, 0) is 7.05 Å². The number of pyridine rings is 1. The number of fused-ring (bicyclic) bond motifs is 1. The molecule has 5 heteroatoms. The third-order valence-electron chi connectivity index (χ3n) is 3.89. The molecular formula is C18H16N2O3. The third-order valence-corrected chi connectivity index (χ3v) is 3.89.